The van der Waals surface area contributed by atoms with Crippen LogP contribution in [0, 0.1) is 0 Å². The van der Waals surface area contributed by atoms with E-state index in [1.54, 1.807) is 4.90 Å². The van der Waals surface area contributed by atoms with Crippen molar-refractivity contribution in [3.05, 3.63) is 70.2 Å². The summed E-state index contributed by atoms with van der Waals surface area (Å²) in [7, 11) is 0. The highest BCUT2D eigenvalue weighted by atomic mass is 79.9. The second kappa shape index (κ2) is 9.12. The maximum absolute atomic E-state index is 13.6. The molecule has 0 aromatic heterocycles. The standard InChI is InChI=1S/C24H27BrN2O2/c25-20-11-7-10-19(16-20)23-24(29)27(21-12-5-2-6-13-21)17-22(28)26(23)15-14-18-8-3-1-4-9-18/h1,3-4,7-11,16,21,23H,2,5-6,12-15,17H2/t23-/m0/s1. The maximum Gasteiger partial charge on any atom is 0.250 e. The van der Waals surface area contributed by atoms with Gasteiger partial charge in [0.1, 0.15) is 12.6 Å². The molecule has 1 aliphatic carbocycles. The monoisotopic (exact) mass is 454 g/mol. The summed E-state index contributed by atoms with van der Waals surface area (Å²) in [5.74, 6) is 0.124. The molecule has 29 heavy (non-hydrogen) atoms. The lowest BCUT2D eigenvalue weighted by molar-refractivity contribution is -0.159. The Hall–Kier alpha value is -2.14. The van der Waals surface area contributed by atoms with Crippen LogP contribution in [0.15, 0.2) is 59.1 Å². The molecule has 0 spiro atoms. The van der Waals surface area contributed by atoms with Crippen LogP contribution in [0.2, 0.25) is 0 Å². The smallest absolute Gasteiger partial charge is 0.250 e. The molecule has 2 aromatic rings. The first kappa shape index (κ1) is 20.1. The van der Waals surface area contributed by atoms with Gasteiger partial charge in [-0.15, -0.1) is 0 Å². The van der Waals surface area contributed by atoms with Gasteiger partial charge in [0.15, 0.2) is 0 Å². The minimum atomic E-state index is -0.542. The number of halogens is 1. The van der Waals surface area contributed by atoms with Gasteiger partial charge in [0.25, 0.3) is 5.91 Å². The van der Waals surface area contributed by atoms with Gasteiger partial charge in [0.2, 0.25) is 5.91 Å². The summed E-state index contributed by atoms with van der Waals surface area (Å²) in [4.78, 5) is 30.5. The molecule has 0 unspecified atom stereocenters. The lowest BCUT2D eigenvalue weighted by atomic mass is 9.91. The van der Waals surface area contributed by atoms with Crippen LogP contribution in [-0.2, 0) is 16.0 Å². The van der Waals surface area contributed by atoms with Crippen LogP contribution in [0.5, 0.6) is 0 Å². The molecule has 4 rings (SSSR count). The summed E-state index contributed by atoms with van der Waals surface area (Å²) < 4.78 is 0.924. The SMILES string of the molecule is O=C1[C@H](c2cccc(Br)c2)N(CCc2ccccc2)C(=O)CN1C1CCCCC1. The fourth-order valence-electron chi connectivity index (χ4n) is 4.60. The number of hydrogen-bond donors (Lipinski definition) is 0. The Kier molecular flexibility index (Phi) is 6.34. The quantitative estimate of drug-likeness (QED) is 0.654. The van der Waals surface area contributed by atoms with Gasteiger partial charge in [-0.2, -0.15) is 0 Å². The normalized spacial score (nSPS) is 20.9. The number of carbonyl (C=O) groups excluding carboxylic acids is 2. The van der Waals surface area contributed by atoms with Crippen molar-refractivity contribution in [1.29, 1.82) is 0 Å². The summed E-state index contributed by atoms with van der Waals surface area (Å²) in [5.41, 5.74) is 2.06. The molecule has 1 aliphatic heterocycles. The molecular formula is C24H27BrN2O2. The Labute approximate surface area is 181 Å². The maximum atomic E-state index is 13.6. The first-order chi connectivity index (χ1) is 14.1. The first-order valence-corrected chi connectivity index (χ1v) is 11.3. The van der Waals surface area contributed by atoms with Crippen LogP contribution in [0.4, 0.5) is 0 Å². The minimum Gasteiger partial charge on any atom is -0.328 e. The van der Waals surface area contributed by atoms with Crippen molar-refractivity contribution in [1.82, 2.24) is 9.80 Å². The number of carbonyl (C=O) groups is 2. The molecule has 2 aromatic carbocycles. The molecule has 2 amide bonds. The predicted octanol–water partition coefficient (Wildman–Crippen LogP) is 4.74. The summed E-state index contributed by atoms with van der Waals surface area (Å²) in [5, 5.41) is 0. The number of benzene rings is 2. The second-order valence-electron chi connectivity index (χ2n) is 8.04. The third kappa shape index (κ3) is 4.55. The molecule has 1 saturated heterocycles. The summed E-state index contributed by atoms with van der Waals surface area (Å²) in [6, 6.07) is 17.6. The molecule has 2 aliphatic rings. The van der Waals surface area contributed by atoms with Crippen LogP contribution in [0.3, 0.4) is 0 Å². The highest BCUT2D eigenvalue weighted by Gasteiger charge is 2.42. The van der Waals surface area contributed by atoms with E-state index in [0.29, 0.717) is 6.54 Å². The first-order valence-electron chi connectivity index (χ1n) is 10.5. The van der Waals surface area contributed by atoms with Crippen molar-refractivity contribution < 1.29 is 9.59 Å². The zero-order chi connectivity index (χ0) is 20.2. The van der Waals surface area contributed by atoms with Crippen molar-refractivity contribution in [2.45, 2.75) is 50.6 Å². The van der Waals surface area contributed by atoms with E-state index < -0.39 is 6.04 Å². The van der Waals surface area contributed by atoms with Crippen LogP contribution in [-0.4, -0.2) is 40.7 Å². The Morgan fingerprint density at radius 3 is 2.41 bits per heavy atom. The van der Waals surface area contributed by atoms with E-state index in [2.05, 4.69) is 28.1 Å². The molecule has 152 valence electrons. The van der Waals surface area contributed by atoms with Gasteiger partial charge >= 0.3 is 0 Å². The number of rotatable bonds is 5. The largest absolute Gasteiger partial charge is 0.328 e. The van der Waals surface area contributed by atoms with Crippen molar-refractivity contribution in [2.75, 3.05) is 13.1 Å². The van der Waals surface area contributed by atoms with E-state index in [1.807, 2.05) is 47.4 Å². The third-order valence-corrected chi connectivity index (χ3v) is 6.61. The highest BCUT2D eigenvalue weighted by molar-refractivity contribution is 9.10. The number of piperazine rings is 1. The number of nitrogens with zero attached hydrogens (tertiary/aromatic N) is 2. The third-order valence-electron chi connectivity index (χ3n) is 6.12. The van der Waals surface area contributed by atoms with Crippen LogP contribution in [0.1, 0.15) is 49.3 Å². The average Bonchev–Trinajstić information content (AvgIpc) is 2.75. The van der Waals surface area contributed by atoms with E-state index >= 15 is 0 Å². The molecular weight excluding hydrogens is 428 g/mol. The lowest BCUT2D eigenvalue weighted by Crippen LogP contribution is -2.58. The Bertz CT molecular complexity index is 864. The fraction of sp³-hybridized carbons (Fsp3) is 0.417. The zero-order valence-electron chi connectivity index (χ0n) is 16.6. The summed E-state index contributed by atoms with van der Waals surface area (Å²) >= 11 is 3.52. The number of amides is 2. The number of hydrogen-bond acceptors (Lipinski definition) is 2. The Morgan fingerprint density at radius 2 is 1.69 bits per heavy atom. The molecule has 4 nitrogen and oxygen atoms in total. The van der Waals surface area contributed by atoms with Gasteiger partial charge in [0.05, 0.1) is 0 Å². The van der Waals surface area contributed by atoms with Gasteiger partial charge in [-0.1, -0.05) is 77.7 Å². The minimum absolute atomic E-state index is 0.0519. The molecule has 0 radical (unpaired) electrons. The zero-order valence-corrected chi connectivity index (χ0v) is 18.2. The van der Waals surface area contributed by atoms with Crippen molar-refractivity contribution >= 4 is 27.7 Å². The van der Waals surface area contributed by atoms with E-state index in [1.165, 1.54) is 12.0 Å². The van der Waals surface area contributed by atoms with Gasteiger partial charge in [-0.05, 0) is 42.5 Å². The van der Waals surface area contributed by atoms with Crippen molar-refractivity contribution in [3.63, 3.8) is 0 Å². The van der Waals surface area contributed by atoms with Crippen molar-refractivity contribution in [3.8, 4) is 0 Å². The van der Waals surface area contributed by atoms with Gasteiger partial charge in [-0.25, -0.2) is 0 Å². The van der Waals surface area contributed by atoms with Gasteiger partial charge in [0, 0.05) is 17.1 Å². The molecule has 0 N–H and O–H groups in total. The van der Waals surface area contributed by atoms with Crippen molar-refractivity contribution in [2.24, 2.45) is 0 Å². The lowest BCUT2D eigenvalue weighted by Gasteiger charge is -2.44. The van der Waals surface area contributed by atoms with E-state index in [9.17, 15) is 9.59 Å². The highest BCUT2D eigenvalue weighted by Crippen LogP contribution is 2.33. The van der Waals surface area contributed by atoms with Gasteiger partial charge in [-0.3, -0.25) is 9.59 Å². The molecule has 5 heteroatoms. The van der Waals surface area contributed by atoms with Crippen LogP contribution in [0.25, 0.3) is 0 Å². The topological polar surface area (TPSA) is 40.6 Å². The fourth-order valence-corrected chi connectivity index (χ4v) is 5.01. The predicted molar refractivity (Wildman–Crippen MR) is 117 cm³/mol. The van der Waals surface area contributed by atoms with E-state index in [4.69, 9.17) is 0 Å². The summed E-state index contributed by atoms with van der Waals surface area (Å²) in [6.45, 7) is 0.757. The van der Waals surface area contributed by atoms with E-state index in [0.717, 1.165) is 42.1 Å². The van der Waals surface area contributed by atoms with E-state index in [-0.39, 0.29) is 24.4 Å². The van der Waals surface area contributed by atoms with Crippen LogP contribution >= 0.6 is 15.9 Å². The molecule has 1 heterocycles. The molecule has 1 saturated carbocycles. The Morgan fingerprint density at radius 1 is 0.931 bits per heavy atom. The Balaban J connectivity index is 1.62. The average molecular weight is 455 g/mol. The molecule has 0 bridgehead atoms. The van der Waals surface area contributed by atoms with Crippen LogP contribution < -0.4 is 0 Å². The molecule has 2 fully saturated rings. The van der Waals surface area contributed by atoms with Gasteiger partial charge < -0.3 is 9.80 Å². The summed E-state index contributed by atoms with van der Waals surface area (Å²) in [6.07, 6.45) is 6.27. The second-order valence-corrected chi connectivity index (χ2v) is 8.95. The molecule has 1 atom stereocenters.